The van der Waals surface area contributed by atoms with Crippen molar-refractivity contribution in [1.82, 2.24) is 0 Å². The molecule has 0 saturated heterocycles. The average Bonchev–Trinajstić information content (AvgIpc) is 3.30. The van der Waals surface area contributed by atoms with Gasteiger partial charge in [0.2, 0.25) is 0 Å². The van der Waals surface area contributed by atoms with Gasteiger partial charge < -0.3 is 14.2 Å². The van der Waals surface area contributed by atoms with E-state index in [4.69, 9.17) is 14.2 Å². The average molecular weight is 891 g/mol. The highest BCUT2D eigenvalue weighted by Gasteiger charge is 2.17. The van der Waals surface area contributed by atoms with Crippen molar-refractivity contribution in [3.63, 3.8) is 0 Å². The predicted octanol–water partition coefficient (Wildman–Crippen LogP) is 18.5. The number of carbonyl (C=O) groups excluding carboxylic acids is 2. The van der Waals surface area contributed by atoms with E-state index in [0.717, 1.165) is 64.2 Å². The van der Waals surface area contributed by atoms with Gasteiger partial charge in [-0.15, -0.1) is 0 Å². The summed E-state index contributed by atoms with van der Waals surface area (Å²) in [4.78, 5) is 25.4. The molecular weight excluding hydrogens is 789 g/mol. The van der Waals surface area contributed by atoms with E-state index in [2.05, 4.69) is 93.7 Å². The van der Waals surface area contributed by atoms with E-state index in [-0.39, 0.29) is 31.6 Å². The summed E-state index contributed by atoms with van der Waals surface area (Å²) < 4.78 is 17.3. The van der Waals surface area contributed by atoms with Gasteiger partial charge in [0.05, 0.1) is 13.0 Å². The molecule has 0 fully saturated rings. The second-order valence-electron chi connectivity index (χ2n) is 17.8. The molecule has 0 aromatic carbocycles. The molecule has 1 atom stereocenters. The Morgan fingerprint density at radius 1 is 0.375 bits per heavy atom. The van der Waals surface area contributed by atoms with Crippen LogP contribution in [-0.4, -0.2) is 37.9 Å². The molecule has 0 aliphatic heterocycles. The summed E-state index contributed by atoms with van der Waals surface area (Å²) in [6, 6.07) is 0. The smallest absolute Gasteiger partial charge is 0.309 e. The SMILES string of the molecule is CC/C=C\C/C=C\C/C=C\C/C=C\C/C=C\CC(=O)OCC(COCCCCCCCCCCCC/C=C\C/C=C\CCCCC)OC(=O)CCCCCCCCCCCCCCC. The first-order valence-corrected chi connectivity index (χ1v) is 27.1. The summed E-state index contributed by atoms with van der Waals surface area (Å²) in [5.74, 6) is -0.540. The molecule has 0 bridgehead atoms. The zero-order valence-electron chi connectivity index (χ0n) is 42.3. The molecule has 0 aliphatic rings. The number of hydrogen-bond donors (Lipinski definition) is 0. The molecule has 0 amide bonds. The standard InChI is InChI=1S/C59H102O5/c1-4-7-10-13-16-19-22-25-27-28-29-30-31-33-36-39-42-45-48-51-54-62-55-57(64-59(61)53-50-47-44-41-38-34-24-21-18-15-12-9-6-3)56-63-58(60)52-49-46-43-40-37-35-32-26-23-20-17-14-11-8-5-2/h8,11,16-17,19-20,25-27,32,37,40,46,49,57H,4-7,9-10,12-15,18,21-24,28-31,33-36,38-39,41-45,47-48,50-56H2,1-3H3/b11-8-,19-16-,20-17-,27-25-,32-26-,40-37-,49-46-. The minimum absolute atomic E-state index is 0.0292. The first-order valence-electron chi connectivity index (χ1n) is 27.1. The molecule has 64 heavy (non-hydrogen) atoms. The van der Waals surface area contributed by atoms with Crippen LogP contribution in [0.3, 0.4) is 0 Å². The van der Waals surface area contributed by atoms with Crippen LogP contribution in [0.4, 0.5) is 0 Å². The Morgan fingerprint density at radius 3 is 1.23 bits per heavy atom. The molecule has 0 aromatic heterocycles. The number of allylic oxidation sites excluding steroid dienone is 13. The first-order chi connectivity index (χ1) is 31.6. The molecule has 0 aromatic rings. The Bertz CT molecular complexity index is 1190. The Labute approximate surface area is 397 Å². The highest BCUT2D eigenvalue weighted by Crippen LogP contribution is 2.15. The predicted molar refractivity (Wildman–Crippen MR) is 279 cm³/mol. The number of unbranched alkanes of at least 4 members (excludes halogenated alkanes) is 25. The lowest BCUT2D eigenvalue weighted by Gasteiger charge is -2.18. The molecular formula is C59H102O5. The third kappa shape index (κ3) is 51.7. The summed E-state index contributed by atoms with van der Waals surface area (Å²) >= 11 is 0. The Hall–Kier alpha value is -2.92. The number of ether oxygens (including phenoxy) is 3. The molecule has 0 rings (SSSR count). The molecule has 5 heteroatoms. The van der Waals surface area contributed by atoms with Crippen molar-refractivity contribution >= 4 is 11.9 Å². The third-order valence-electron chi connectivity index (χ3n) is 11.4. The van der Waals surface area contributed by atoms with Gasteiger partial charge in [-0.05, 0) is 77.0 Å². The molecule has 368 valence electrons. The number of esters is 2. The Kier molecular flexibility index (Phi) is 51.9. The maximum atomic E-state index is 12.8. The number of carbonyl (C=O) groups is 2. The van der Waals surface area contributed by atoms with Gasteiger partial charge in [-0.1, -0.05) is 247 Å². The van der Waals surface area contributed by atoms with Gasteiger partial charge in [0.1, 0.15) is 6.61 Å². The summed E-state index contributed by atoms with van der Waals surface area (Å²) in [6.07, 6.45) is 71.9. The fourth-order valence-electron chi connectivity index (χ4n) is 7.44. The molecule has 1 unspecified atom stereocenters. The van der Waals surface area contributed by atoms with Crippen LogP contribution in [0.25, 0.3) is 0 Å². The van der Waals surface area contributed by atoms with Crippen molar-refractivity contribution in [3.8, 4) is 0 Å². The van der Waals surface area contributed by atoms with Gasteiger partial charge in [-0.3, -0.25) is 9.59 Å². The summed E-state index contributed by atoms with van der Waals surface area (Å²) in [5, 5.41) is 0. The molecule has 0 spiro atoms. The van der Waals surface area contributed by atoms with Gasteiger partial charge in [0, 0.05) is 13.0 Å². The van der Waals surface area contributed by atoms with E-state index >= 15 is 0 Å². The molecule has 5 nitrogen and oxygen atoms in total. The van der Waals surface area contributed by atoms with Crippen molar-refractivity contribution in [3.05, 3.63) is 85.1 Å². The Balaban J connectivity index is 4.34. The fraction of sp³-hybridized carbons (Fsp3) is 0.729. The van der Waals surface area contributed by atoms with Crippen LogP contribution < -0.4 is 0 Å². The summed E-state index contributed by atoms with van der Waals surface area (Å²) in [6.45, 7) is 7.59. The molecule has 0 radical (unpaired) electrons. The van der Waals surface area contributed by atoms with Crippen molar-refractivity contribution in [2.45, 2.75) is 258 Å². The first kappa shape index (κ1) is 61.1. The van der Waals surface area contributed by atoms with Crippen LogP contribution >= 0.6 is 0 Å². The Morgan fingerprint density at radius 2 is 0.750 bits per heavy atom. The summed E-state index contributed by atoms with van der Waals surface area (Å²) in [5.41, 5.74) is 0. The van der Waals surface area contributed by atoms with Gasteiger partial charge in [0.25, 0.3) is 0 Å². The zero-order valence-corrected chi connectivity index (χ0v) is 42.3. The van der Waals surface area contributed by atoms with Gasteiger partial charge in [0.15, 0.2) is 6.10 Å². The van der Waals surface area contributed by atoms with E-state index < -0.39 is 6.10 Å². The lowest BCUT2D eigenvalue weighted by molar-refractivity contribution is -0.162. The summed E-state index contributed by atoms with van der Waals surface area (Å²) in [7, 11) is 0. The van der Waals surface area contributed by atoms with Crippen molar-refractivity contribution in [1.29, 1.82) is 0 Å². The van der Waals surface area contributed by atoms with Crippen LogP contribution in [0, 0.1) is 0 Å². The van der Waals surface area contributed by atoms with Crippen molar-refractivity contribution < 1.29 is 23.8 Å². The monoisotopic (exact) mass is 891 g/mol. The van der Waals surface area contributed by atoms with Crippen molar-refractivity contribution in [2.75, 3.05) is 19.8 Å². The molecule has 0 aliphatic carbocycles. The minimum atomic E-state index is -0.579. The largest absolute Gasteiger partial charge is 0.461 e. The van der Waals surface area contributed by atoms with Crippen LogP contribution in [-0.2, 0) is 23.8 Å². The van der Waals surface area contributed by atoms with Crippen LogP contribution in [0.5, 0.6) is 0 Å². The molecule has 0 saturated carbocycles. The maximum absolute atomic E-state index is 12.8. The third-order valence-corrected chi connectivity index (χ3v) is 11.4. The number of rotatable bonds is 49. The molecule has 0 heterocycles. The zero-order chi connectivity index (χ0) is 46.3. The van der Waals surface area contributed by atoms with Crippen LogP contribution in [0.15, 0.2) is 85.1 Å². The van der Waals surface area contributed by atoms with Gasteiger partial charge in [-0.2, -0.15) is 0 Å². The minimum Gasteiger partial charge on any atom is -0.461 e. The lowest BCUT2D eigenvalue weighted by Crippen LogP contribution is -2.30. The fourth-order valence-corrected chi connectivity index (χ4v) is 7.44. The second-order valence-corrected chi connectivity index (χ2v) is 17.8. The van der Waals surface area contributed by atoms with E-state index in [1.807, 2.05) is 12.2 Å². The lowest BCUT2D eigenvalue weighted by atomic mass is 10.0. The highest BCUT2D eigenvalue weighted by atomic mass is 16.6. The topological polar surface area (TPSA) is 61.8 Å². The molecule has 0 N–H and O–H groups in total. The maximum Gasteiger partial charge on any atom is 0.309 e. The second kappa shape index (κ2) is 54.4. The quantitative estimate of drug-likeness (QED) is 0.0346. The van der Waals surface area contributed by atoms with E-state index in [9.17, 15) is 9.59 Å². The van der Waals surface area contributed by atoms with Crippen LogP contribution in [0.2, 0.25) is 0 Å². The van der Waals surface area contributed by atoms with E-state index in [1.54, 1.807) is 0 Å². The van der Waals surface area contributed by atoms with E-state index in [1.165, 1.54) is 154 Å². The number of hydrogen-bond acceptors (Lipinski definition) is 5. The van der Waals surface area contributed by atoms with Crippen LogP contribution in [0.1, 0.15) is 252 Å². The van der Waals surface area contributed by atoms with Crippen molar-refractivity contribution in [2.24, 2.45) is 0 Å². The van der Waals surface area contributed by atoms with Gasteiger partial charge in [-0.25, -0.2) is 0 Å². The highest BCUT2D eigenvalue weighted by molar-refractivity contribution is 5.71. The van der Waals surface area contributed by atoms with Gasteiger partial charge >= 0.3 is 11.9 Å². The van der Waals surface area contributed by atoms with E-state index in [0.29, 0.717) is 13.0 Å². The normalized spacial score (nSPS) is 12.9.